The molecule has 0 saturated carbocycles. The highest BCUT2D eigenvalue weighted by Gasteiger charge is 2.26. The Balaban J connectivity index is 1.81. The molecule has 148 valence electrons. The molecule has 8 nitrogen and oxygen atoms in total. The molecule has 0 aliphatic carbocycles. The number of rotatable bonds is 4. The number of anilines is 2. The van der Waals surface area contributed by atoms with E-state index in [1.807, 2.05) is 30.3 Å². The normalized spacial score (nSPS) is 14.6. The Morgan fingerprint density at radius 1 is 1.07 bits per heavy atom. The van der Waals surface area contributed by atoms with Crippen molar-refractivity contribution in [3.63, 3.8) is 0 Å². The van der Waals surface area contributed by atoms with Crippen LogP contribution in [0.4, 0.5) is 11.8 Å². The molecule has 0 unspecified atom stereocenters. The van der Waals surface area contributed by atoms with Gasteiger partial charge in [0.1, 0.15) is 0 Å². The number of nitrogens with zero attached hydrogens (tertiary/aromatic N) is 5. The summed E-state index contributed by atoms with van der Waals surface area (Å²) in [6, 6.07) is 15.2. The fourth-order valence-corrected chi connectivity index (χ4v) is 4.43. The average molecular weight is 408 g/mol. The van der Waals surface area contributed by atoms with Crippen LogP contribution in [0.1, 0.15) is 5.56 Å². The van der Waals surface area contributed by atoms with Crippen LogP contribution in [0, 0.1) is 11.3 Å². The summed E-state index contributed by atoms with van der Waals surface area (Å²) in [7, 11) is -2.36. The SMILES string of the molecule is CN(c1nc(N2CCNCC2)nc2ccccc12)S(=O)(=O)c1ccc(C#N)cc1. The van der Waals surface area contributed by atoms with Gasteiger partial charge in [0.05, 0.1) is 22.0 Å². The van der Waals surface area contributed by atoms with E-state index in [9.17, 15) is 8.42 Å². The van der Waals surface area contributed by atoms with Gasteiger partial charge < -0.3 is 10.2 Å². The lowest BCUT2D eigenvalue weighted by atomic mass is 10.2. The fourth-order valence-electron chi connectivity index (χ4n) is 3.27. The van der Waals surface area contributed by atoms with Crippen molar-refractivity contribution in [1.82, 2.24) is 15.3 Å². The van der Waals surface area contributed by atoms with Gasteiger partial charge in [-0.3, -0.25) is 4.31 Å². The Morgan fingerprint density at radius 3 is 2.45 bits per heavy atom. The van der Waals surface area contributed by atoms with E-state index in [1.165, 1.54) is 35.6 Å². The largest absolute Gasteiger partial charge is 0.338 e. The maximum absolute atomic E-state index is 13.2. The highest BCUT2D eigenvalue weighted by atomic mass is 32.2. The number of benzene rings is 2. The average Bonchev–Trinajstić information content (AvgIpc) is 2.78. The number of para-hydroxylation sites is 1. The number of aromatic nitrogens is 2. The molecular weight excluding hydrogens is 388 g/mol. The van der Waals surface area contributed by atoms with E-state index >= 15 is 0 Å². The number of sulfonamides is 1. The first-order valence-corrected chi connectivity index (χ1v) is 10.7. The van der Waals surface area contributed by atoms with Crippen LogP contribution in [-0.4, -0.2) is 51.6 Å². The molecule has 2 aromatic carbocycles. The summed E-state index contributed by atoms with van der Waals surface area (Å²) < 4.78 is 27.6. The summed E-state index contributed by atoms with van der Waals surface area (Å²) in [4.78, 5) is 11.4. The number of nitriles is 1. The van der Waals surface area contributed by atoms with Gasteiger partial charge in [0, 0.05) is 38.6 Å². The first-order valence-electron chi connectivity index (χ1n) is 9.22. The molecule has 3 aromatic rings. The molecule has 29 heavy (non-hydrogen) atoms. The van der Waals surface area contributed by atoms with Crippen molar-refractivity contribution < 1.29 is 8.42 Å². The van der Waals surface area contributed by atoms with E-state index in [4.69, 9.17) is 5.26 Å². The predicted molar refractivity (Wildman–Crippen MR) is 111 cm³/mol. The zero-order valence-corrected chi connectivity index (χ0v) is 16.7. The maximum atomic E-state index is 13.2. The van der Waals surface area contributed by atoms with Crippen molar-refractivity contribution in [2.75, 3.05) is 42.4 Å². The van der Waals surface area contributed by atoms with Crippen molar-refractivity contribution in [2.45, 2.75) is 4.90 Å². The summed E-state index contributed by atoms with van der Waals surface area (Å²) >= 11 is 0. The van der Waals surface area contributed by atoms with E-state index in [0.717, 1.165) is 26.2 Å². The second-order valence-corrected chi connectivity index (χ2v) is 8.68. The number of hydrogen-bond donors (Lipinski definition) is 1. The smallest absolute Gasteiger partial charge is 0.265 e. The molecule has 0 amide bonds. The van der Waals surface area contributed by atoms with Gasteiger partial charge in [-0.05, 0) is 36.4 Å². The van der Waals surface area contributed by atoms with Crippen LogP contribution in [0.5, 0.6) is 0 Å². The molecule has 1 N–H and O–H groups in total. The molecule has 1 aliphatic heterocycles. The first-order chi connectivity index (χ1) is 14.0. The zero-order chi connectivity index (χ0) is 20.4. The molecule has 0 atom stereocenters. The molecule has 4 rings (SSSR count). The Hall–Kier alpha value is -3.22. The highest BCUT2D eigenvalue weighted by molar-refractivity contribution is 7.92. The van der Waals surface area contributed by atoms with Crippen LogP contribution in [0.15, 0.2) is 53.4 Å². The third-order valence-electron chi connectivity index (χ3n) is 4.91. The number of nitrogens with one attached hydrogen (secondary N) is 1. The lowest BCUT2D eigenvalue weighted by Gasteiger charge is -2.29. The molecule has 2 heterocycles. The Labute approximate surface area is 169 Å². The van der Waals surface area contributed by atoms with Gasteiger partial charge in [0.15, 0.2) is 5.82 Å². The quantitative estimate of drug-likeness (QED) is 0.701. The Kier molecular flexibility index (Phi) is 5.05. The minimum atomic E-state index is -3.85. The molecule has 1 aromatic heterocycles. The third-order valence-corrected chi connectivity index (χ3v) is 6.67. The Bertz CT molecular complexity index is 1180. The summed E-state index contributed by atoms with van der Waals surface area (Å²) in [6.07, 6.45) is 0. The topological polar surface area (TPSA) is 102 Å². The molecule has 1 fully saturated rings. The molecular formula is C20H20N6O2S. The maximum Gasteiger partial charge on any atom is 0.265 e. The van der Waals surface area contributed by atoms with Crippen molar-refractivity contribution >= 4 is 32.7 Å². The minimum absolute atomic E-state index is 0.102. The molecule has 9 heteroatoms. The van der Waals surface area contributed by atoms with Crippen molar-refractivity contribution in [3.8, 4) is 6.07 Å². The number of piperazine rings is 1. The van der Waals surface area contributed by atoms with Crippen molar-refractivity contribution in [3.05, 3.63) is 54.1 Å². The van der Waals surface area contributed by atoms with Crippen LogP contribution in [0.25, 0.3) is 10.9 Å². The van der Waals surface area contributed by atoms with Gasteiger partial charge in [-0.2, -0.15) is 10.2 Å². The predicted octanol–water partition coefficient (Wildman–Crippen LogP) is 1.74. The van der Waals surface area contributed by atoms with Gasteiger partial charge in [-0.1, -0.05) is 12.1 Å². The minimum Gasteiger partial charge on any atom is -0.338 e. The van der Waals surface area contributed by atoms with Crippen LogP contribution in [0.3, 0.4) is 0 Å². The van der Waals surface area contributed by atoms with Gasteiger partial charge in [0.25, 0.3) is 10.0 Å². The van der Waals surface area contributed by atoms with E-state index in [2.05, 4.69) is 20.2 Å². The molecule has 0 radical (unpaired) electrons. The molecule has 0 bridgehead atoms. The second-order valence-electron chi connectivity index (χ2n) is 6.71. The first kappa shape index (κ1) is 19.1. The van der Waals surface area contributed by atoms with Gasteiger partial charge >= 0.3 is 0 Å². The Morgan fingerprint density at radius 2 is 1.76 bits per heavy atom. The summed E-state index contributed by atoms with van der Waals surface area (Å²) in [5, 5.41) is 12.9. The summed E-state index contributed by atoms with van der Waals surface area (Å²) in [6.45, 7) is 3.16. The lowest BCUT2D eigenvalue weighted by Crippen LogP contribution is -2.44. The highest BCUT2D eigenvalue weighted by Crippen LogP contribution is 2.29. The zero-order valence-electron chi connectivity index (χ0n) is 15.9. The van der Waals surface area contributed by atoms with Gasteiger partial charge in [-0.25, -0.2) is 13.4 Å². The van der Waals surface area contributed by atoms with Crippen LogP contribution in [0.2, 0.25) is 0 Å². The monoisotopic (exact) mass is 408 g/mol. The number of fused-ring (bicyclic) bond motifs is 1. The van der Waals surface area contributed by atoms with Crippen LogP contribution >= 0.6 is 0 Å². The molecule has 1 saturated heterocycles. The van der Waals surface area contributed by atoms with E-state index < -0.39 is 10.0 Å². The van der Waals surface area contributed by atoms with Gasteiger partial charge in [-0.15, -0.1) is 0 Å². The van der Waals surface area contributed by atoms with E-state index in [1.54, 1.807) is 0 Å². The third kappa shape index (κ3) is 3.60. The van der Waals surface area contributed by atoms with E-state index in [-0.39, 0.29) is 4.90 Å². The van der Waals surface area contributed by atoms with Gasteiger partial charge in [0.2, 0.25) is 5.95 Å². The van der Waals surface area contributed by atoms with Crippen molar-refractivity contribution in [1.29, 1.82) is 5.26 Å². The van der Waals surface area contributed by atoms with Crippen molar-refractivity contribution in [2.24, 2.45) is 0 Å². The summed E-state index contributed by atoms with van der Waals surface area (Å²) in [5.41, 5.74) is 1.09. The van der Waals surface area contributed by atoms with Crippen LogP contribution in [-0.2, 0) is 10.0 Å². The lowest BCUT2D eigenvalue weighted by molar-refractivity contribution is 0.580. The molecule has 1 aliphatic rings. The standard InChI is InChI=1S/C20H20N6O2S/c1-25(29(27,28)16-8-6-15(14-21)7-9-16)19-17-4-2-3-5-18(17)23-20(24-19)26-12-10-22-11-13-26/h2-9,22H,10-13H2,1H3. The van der Waals surface area contributed by atoms with E-state index in [0.29, 0.717) is 28.2 Å². The second kappa shape index (κ2) is 7.66. The summed E-state index contributed by atoms with van der Waals surface area (Å²) in [5.74, 6) is 0.843. The number of hydrogen-bond acceptors (Lipinski definition) is 7. The fraction of sp³-hybridized carbons (Fsp3) is 0.250. The van der Waals surface area contributed by atoms with Crippen LogP contribution < -0.4 is 14.5 Å². The molecule has 0 spiro atoms.